The summed E-state index contributed by atoms with van der Waals surface area (Å²) in [4.78, 5) is 0. The first-order valence-electron chi connectivity index (χ1n) is 4.89. The monoisotopic (exact) mass is 186 g/mol. The standard InChI is InChI=1S/C9H18N2O2/c1-12-6-9(2-3-9)13-8-5-11-4-7(8)10/h7-8,11H,2-6,10H2,1H3. The number of ether oxygens (including phenoxy) is 2. The van der Waals surface area contributed by atoms with E-state index >= 15 is 0 Å². The molecule has 0 amide bonds. The van der Waals surface area contributed by atoms with Crippen LogP contribution in [-0.2, 0) is 9.47 Å². The molecule has 0 aromatic heterocycles. The van der Waals surface area contributed by atoms with Crippen molar-refractivity contribution in [3.8, 4) is 0 Å². The molecule has 1 aliphatic heterocycles. The second-order valence-electron chi connectivity index (χ2n) is 4.09. The summed E-state index contributed by atoms with van der Waals surface area (Å²) in [7, 11) is 1.72. The number of hydrogen-bond acceptors (Lipinski definition) is 4. The smallest absolute Gasteiger partial charge is 0.0922 e. The van der Waals surface area contributed by atoms with Crippen LogP contribution in [0.3, 0.4) is 0 Å². The average molecular weight is 186 g/mol. The predicted molar refractivity (Wildman–Crippen MR) is 49.6 cm³/mol. The Labute approximate surface area is 78.8 Å². The molecule has 1 aliphatic carbocycles. The van der Waals surface area contributed by atoms with Crippen molar-refractivity contribution in [3.63, 3.8) is 0 Å². The van der Waals surface area contributed by atoms with Crippen LogP contribution in [0.1, 0.15) is 12.8 Å². The summed E-state index contributed by atoms with van der Waals surface area (Å²) in [6.45, 7) is 2.45. The average Bonchev–Trinajstić information content (AvgIpc) is 2.73. The maximum atomic E-state index is 5.95. The van der Waals surface area contributed by atoms with Crippen LogP contribution in [0.25, 0.3) is 0 Å². The number of nitrogens with two attached hydrogens (primary N) is 1. The summed E-state index contributed by atoms with van der Waals surface area (Å²) in [5.74, 6) is 0. The molecule has 2 aliphatic rings. The van der Waals surface area contributed by atoms with E-state index in [0.717, 1.165) is 25.9 Å². The molecule has 4 heteroatoms. The van der Waals surface area contributed by atoms with E-state index in [0.29, 0.717) is 6.61 Å². The normalized spacial score (nSPS) is 36.5. The molecule has 4 nitrogen and oxygen atoms in total. The van der Waals surface area contributed by atoms with E-state index < -0.39 is 0 Å². The Hall–Kier alpha value is -0.160. The summed E-state index contributed by atoms with van der Waals surface area (Å²) in [6, 6.07) is 0.148. The first kappa shape index (κ1) is 9.40. The van der Waals surface area contributed by atoms with Crippen LogP contribution in [0.5, 0.6) is 0 Å². The molecular formula is C9H18N2O2. The van der Waals surface area contributed by atoms with Gasteiger partial charge in [0.2, 0.25) is 0 Å². The Balaban J connectivity index is 1.83. The highest BCUT2D eigenvalue weighted by molar-refractivity contribution is 4.99. The molecule has 1 heterocycles. The fourth-order valence-corrected chi connectivity index (χ4v) is 1.82. The molecule has 2 fully saturated rings. The SMILES string of the molecule is COCC1(OC2CNCC2N)CC1. The number of rotatable bonds is 4. The van der Waals surface area contributed by atoms with E-state index in [1.54, 1.807) is 7.11 Å². The lowest BCUT2D eigenvalue weighted by atomic mass is 10.2. The largest absolute Gasteiger partial charge is 0.382 e. The lowest BCUT2D eigenvalue weighted by Crippen LogP contribution is -2.39. The van der Waals surface area contributed by atoms with Gasteiger partial charge in [-0.3, -0.25) is 0 Å². The van der Waals surface area contributed by atoms with Crippen LogP contribution in [0.15, 0.2) is 0 Å². The minimum absolute atomic E-state index is 0.00303. The van der Waals surface area contributed by atoms with Crippen molar-refractivity contribution in [2.45, 2.75) is 30.6 Å². The summed E-state index contributed by atoms with van der Waals surface area (Å²) in [6.07, 6.45) is 2.41. The van der Waals surface area contributed by atoms with Crippen molar-refractivity contribution < 1.29 is 9.47 Å². The Morgan fingerprint density at radius 1 is 1.46 bits per heavy atom. The van der Waals surface area contributed by atoms with Crippen molar-refractivity contribution in [3.05, 3.63) is 0 Å². The highest BCUT2D eigenvalue weighted by Gasteiger charge is 2.47. The maximum Gasteiger partial charge on any atom is 0.0922 e. The summed E-state index contributed by atoms with van der Waals surface area (Å²) < 4.78 is 11.1. The lowest BCUT2D eigenvalue weighted by molar-refractivity contribution is -0.0629. The van der Waals surface area contributed by atoms with Gasteiger partial charge in [0.05, 0.1) is 18.3 Å². The topological polar surface area (TPSA) is 56.5 Å². The minimum Gasteiger partial charge on any atom is -0.382 e. The van der Waals surface area contributed by atoms with Gasteiger partial charge in [-0.25, -0.2) is 0 Å². The lowest BCUT2D eigenvalue weighted by Gasteiger charge is -2.22. The predicted octanol–water partition coefficient (Wildman–Crippen LogP) is -0.519. The number of nitrogens with one attached hydrogen (secondary N) is 1. The van der Waals surface area contributed by atoms with Crippen LogP contribution in [0, 0.1) is 0 Å². The second kappa shape index (κ2) is 3.53. The molecule has 0 radical (unpaired) electrons. The van der Waals surface area contributed by atoms with E-state index in [4.69, 9.17) is 15.2 Å². The van der Waals surface area contributed by atoms with Gasteiger partial charge in [0, 0.05) is 26.2 Å². The van der Waals surface area contributed by atoms with Gasteiger partial charge in [0.25, 0.3) is 0 Å². The molecule has 76 valence electrons. The minimum atomic E-state index is 0.00303. The van der Waals surface area contributed by atoms with Crippen LogP contribution in [0.4, 0.5) is 0 Å². The molecule has 0 aromatic rings. The maximum absolute atomic E-state index is 5.95. The van der Waals surface area contributed by atoms with Crippen LogP contribution in [0.2, 0.25) is 0 Å². The van der Waals surface area contributed by atoms with Crippen molar-refractivity contribution in [1.82, 2.24) is 5.32 Å². The molecular weight excluding hydrogens is 168 g/mol. The molecule has 1 saturated heterocycles. The van der Waals surface area contributed by atoms with Crippen LogP contribution in [-0.4, -0.2) is 44.6 Å². The summed E-state index contributed by atoms with van der Waals surface area (Å²) in [5, 5.41) is 3.22. The quantitative estimate of drug-likeness (QED) is 0.620. The van der Waals surface area contributed by atoms with Gasteiger partial charge in [-0.1, -0.05) is 0 Å². The zero-order valence-corrected chi connectivity index (χ0v) is 8.08. The van der Waals surface area contributed by atoms with E-state index in [1.807, 2.05) is 0 Å². The number of hydrogen-bond donors (Lipinski definition) is 2. The molecule has 2 rings (SSSR count). The Bertz CT molecular complexity index is 182. The molecule has 1 saturated carbocycles. The third-order valence-corrected chi connectivity index (χ3v) is 2.82. The van der Waals surface area contributed by atoms with Crippen molar-refractivity contribution >= 4 is 0 Å². The van der Waals surface area contributed by atoms with E-state index in [2.05, 4.69) is 5.32 Å². The van der Waals surface area contributed by atoms with Crippen molar-refractivity contribution in [1.29, 1.82) is 0 Å². The van der Waals surface area contributed by atoms with Gasteiger partial charge >= 0.3 is 0 Å². The van der Waals surface area contributed by atoms with Gasteiger partial charge in [-0.15, -0.1) is 0 Å². The van der Waals surface area contributed by atoms with E-state index in [-0.39, 0.29) is 17.7 Å². The first-order valence-corrected chi connectivity index (χ1v) is 4.89. The van der Waals surface area contributed by atoms with E-state index in [1.165, 1.54) is 0 Å². The molecule has 0 spiro atoms. The van der Waals surface area contributed by atoms with Gasteiger partial charge in [0.1, 0.15) is 0 Å². The highest BCUT2D eigenvalue weighted by atomic mass is 16.6. The molecule has 3 N–H and O–H groups in total. The molecule has 13 heavy (non-hydrogen) atoms. The van der Waals surface area contributed by atoms with Gasteiger partial charge in [0.15, 0.2) is 0 Å². The molecule has 2 atom stereocenters. The van der Waals surface area contributed by atoms with E-state index in [9.17, 15) is 0 Å². The molecule has 0 bridgehead atoms. The fraction of sp³-hybridized carbons (Fsp3) is 1.00. The van der Waals surface area contributed by atoms with Gasteiger partial charge in [-0.05, 0) is 12.8 Å². The van der Waals surface area contributed by atoms with Crippen molar-refractivity contribution in [2.75, 3.05) is 26.8 Å². The third-order valence-electron chi connectivity index (χ3n) is 2.82. The Morgan fingerprint density at radius 2 is 2.23 bits per heavy atom. The zero-order valence-electron chi connectivity index (χ0n) is 8.08. The fourth-order valence-electron chi connectivity index (χ4n) is 1.82. The van der Waals surface area contributed by atoms with Crippen LogP contribution >= 0.6 is 0 Å². The Kier molecular flexibility index (Phi) is 2.55. The molecule has 2 unspecified atom stereocenters. The second-order valence-corrected chi connectivity index (χ2v) is 4.09. The van der Waals surface area contributed by atoms with Crippen LogP contribution < -0.4 is 11.1 Å². The molecule has 0 aromatic carbocycles. The summed E-state index contributed by atoms with van der Waals surface area (Å²) >= 11 is 0. The highest BCUT2D eigenvalue weighted by Crippen LogP contribution is 2.41. The summed E-state index contributed by atoms with van der Waals surface area (Å²) in [5.41, 5.74) is 5.88. The third kappa shape index (κ3) is 2.02. The zero-order chi connectivity index (χ0) is 9.31. The Morgan fingerprint density at radius 3 is 2.69 bits per heavy atom. The van der Waals surface area contributed by atoms with Gasteiger partial charge < -0.3 is 20.5 Å². The first-order chi connectivity index (χ1) is 6.26. The van der Waals surface area contributed by atoms with Gasteiger partial charge in [-0.2, -0.15) is 0 Å². The number of methoxy groups -OCH3 is 1. The van der Waals surface area contributed by atoms with Crippen molar-refractivity contribution in [2.24, 2.45) is 5.73 Å².